The van der Waals surface area contributed by atoms with Crippen molar-refractivity contribution in [2.75, 3.05) is 0 Å². The zero-order chi connectivity index (χ0) is 13.7. The van der Waals surface area contributed by atoms with Crippen LogP contribution >= 0.6 is 0 Å². The Balaban J connectivity index is 2.39. The first kappa shape index (κ1) is 11.1. The molecule has 4 rings (SSSR count). The summed E-state index contributed by atoms with van der Waals surface area (Å²) < 4.78 is 0. The summed E-state index contributed by atoms with van der Waals surface area (Å²) in [5, 5.41) is 25.9. The molecule has 0 aliphatic rings. The number of phenolic OH excluding ortho intramolecular Hbond substituents is 2. The van der Waals surface area contributed by atoms with E-state index in [2.05, 4.69) is 0 Å². The second kappa shape index (κ2) is 3.87. The lowest BCUT2D eigenvalue weighted by Crippen LogP contribution is -1.83. The van der Waals surface area contributed by atoms with Gasteiger partial charge in [-0.2, -0.15) is 0 Å². The Hall–Kier alpha value is -2.74. The number of hydrogen-bond acceptors (Lipinski definition) is 2. The van der Waals surface area contributed by atoms with Gasteiger partial charge in [0.05, 0.1) is 0 Å². The average Bonchev–Trinajstić information content (AvgIpc) is 2.51. The van der Waals surface area contributed by atoms with Gasteiger partial charge in [-0.05, 0) is 21.5 Å². The Labute approximate surface area is 115 Å². The summed E-state index contributed by atoms with van der Waals surface area (Å²) in [6, 6.07) is 19.5. The van der Waals surface area contributed by atoms with Gasteiger partial charge >= 0.3 is 0 Å². The first-order chi connectivity index (χ1) is 9.77. The van der Waals surface area contributed by atoms with E-state index in [4.69, 9.17) is 0 Å². The van der Waals surface area contributed by atoms with Crippen molar-refractivity contribution in [2.24, 2.45) is 0 Å². The minimum absolute atomic E-state index is 0.0458. The van der Waals surface area contributed by atoms with E-state index in [1.165, 1.54) is 0 Å². The molecule has 20 heavy (non-hydrogen) atoms. The molecule has 2 N–H and O–H groups in total. The van der Waals surface area contributed by atoms with Crippen molar-refractivity contribution in [2.45, 2.75) is 0 Å². The second-order valence-electron chi connectivity index (χ2n) is 4.95. The first-order valence-corrected chi connectivity index (χ1v) is 6.51. The lowest BCUT2D eigenvalue weighted by atomic mass is 9.95. The van der Waals surface area contributed by atoms with Gasteiger partial charge in [0, 0.05) is 10.8 Å². The van der Waals surface area contributed by atoms with Crippen molar-refractivity contribution in [3.8, 4) is 11.5 Å². The van der Waals surface area contributed by atoms with E-state index in [9.17, 15) is 10.2 Å². The summed E-state index contributed by atoms with van der Waals surface area (Å²) in [5.41, 5.74) is 0. The molecule has 96 valence electrons. The van der Waals surface area contributed by atoms with E-state index in [0.717, 1.165) is 21.5 Å². The van der Waals surface area contributed by atoms with Crippen molar-refractivity contribution in [1.29, 1.82) is 0 Å². The molecule has 0 spiro atoms. The molecule has 0 fully saturated rings. The fourth-order valence-corrected chi connectivity index (χ4v) is 2.92. The molecule has 0 radical (unpaired) electrons. The molecular formula is C18H12O2. The van der Waals surface area contributed by atoms with Crippen LogP contribution in [0.3, 0.4) is 0 Å². The topological polar surface area (TPSA) is 40.5 Å². The number of rotatable bonds is 0. The van der Waals surface area contributed by atoms with Crippen LogP contribution in [0.2, 0.25) is 0 Å². The summed E-state index contributed by atoms with van der Waals surface area (Å²) in [6.07, 6.45) is 0. The van der Waals surface area contributed by atoms with Crippen LogP contribution in [0.5, 0.6) is 11.5 Å². The molecular weight excluding hydrogens is 248 g/mol. The summed E-state index contributed by atoms with van der Waals surface area (Å²) in [7, 11) is 0. The molecule has 2 nitrogen and oxygen atoms in total. The van der Waals surface area contributed by atoms with Gasteiger partial charge in [0.25, 0.3) is 0 Å². The minimum atomic E-state index is -0.0514. The summed E-state index contributed by atoms with van der Waals surface area (Å²) in [6.45, 7) is 0. The van der Waals surface area contributed by atoms with Crippen molar-refractivity contribution in [3.05, 3.63) is 60.7 Å². The van der Waals surface area contributed by atoms with E-state index in [-0.39, 0.29) is 11.5 Å². The Kier molecular flexibility index (Phi) is 2.15. The molecule has 2 heteroatoms. The Morgan fingerprint density at radius 2 is 1.15 bits per heavy atom. The van der Waals surface area contributed by atoms with Crippen LogP contribution in [0.4, 0.5) is 0 Å². The van der Waals surface area contributed by atoms with E-state index in [0.29, 0.717) is 10.8 Å². The van der Waals surface area contributed by atoms with E-state index < -0.39 is 0 Å². The third-order valence-corrected chi connectivity index (χ3v) is 3.86. The van der Waals surface area contributed by atoms with Gasteiger partial charge in [-0.1, -0.05) is 60.7 Å². The molecule has 4 aromatic carbocycles. The maximum Gasteiger partial charge on any atom is 0.166 e. The van der Waals surface area contributed by atoms with Gasteiger partial charge in [0.2, 0.25) is 0 Å². The van der Waals surface area contributed by atoms with Crippen LogP contribution in [0.1, 0.15) is 0 Å². The lowest BCUT2D eigenvalue weighted by molar-refractivity contribution is 0.413. The molecule has 0 aliphatic heterocycles. The maximum absolute atomic E-state index is 10.4. The number of hydrogen-bond donors (Lipinski definition) is 2. The zero-order valence-electron chi connectivity index (χ0n) is 10.7. The van der Waals surface area contributed by atoms with Gasteiger partial charge in [-0.25, -0.2) is 0 Å². The fourth-order valence-electron chi connectivity index (χ4n) is 2.92. The van der Waals surface area contributed by atoms with Gasteiger partial charge in [-0.3, -0.25) is 0 Å². The molecule has 0 aromatic heterocycles. The van der Waals surface area contributed by atoms with Crippen molar-refractivity contribution in [1.82, 2.24) is 0 Å². The van der Waals surface area contributed by atoms with Gasteiger partial charge in [0.15, 0.2) is 11.5 Å². The highest BCUT2D eigenvalue weighted by Crippen LogP contribution is 2.44. The van der Waals surface area contributed by atoms with Gasteiger partial charge < -0.3 is 10.2 Å². The van der Waals surface area contributed by atoms with Crippen molar-refractivity contribution < 1.29 is 10.2 Å². The molecule has 0 saturated carbocycles. The quantitative estimate of drug-likeness (QED) is 0.359. The van der Waals surface area contributed by atoms with Crippen LogP contribution in [-0.4, -0.2) is 10.2 Å². The Morgan fingerprint density at radius 3 is 1.95 bits per heavy atom. The van der Waals surface area contributed by atoms with Crippen LogP contribution in [0, 0.1) is 0 Å². The van der Waals surface area contributed by atoms with E-state index >= 15 is 0 Å². The number of benzene rings is 4. The molecule has 0 atom stereocenters. The van der Waals surface area contributed by atoms with Crippen molar-refractivity contribution >= 4 is 32.3 Å². The van der Waals surface area contributed by atoms with E-state index in [1.54, 1.807) is 0 Å². The fraction of sp³-hybridized carbons (Fsp3) is 0. The predicted molar refractivity (Wildman–Crippen MR) is 82.3 cm³/mol. The summed E-state index contributed by atoms with van der Waals surface area (Å²) >= 11 is 0. The third kappa shape index (κ3) is 1.33. The van der Waals surface area contributed by atoms with Crippen LogP contribution in [0.15, 0.2) is 60.7 Å². The normalized spacial score (nSPS) is 11.4. The van der Waals surface area contributed by atoms with Crippen LogP contribution in [-0.2, 0) is 0 Å². The standard InChI is InChI=1S/C18H12O2/c19-17-15-8-4-3-7-13(15)14-10-9-11-5-1-2-6-12(11)16(14)18(17)20/h1-10,19-20H. The van der Waals surface area contributed by atoms with Crippen LogP contribution in [0.25, 0.3) is 32.3 Å². The Bertz CT molecular complexity index is 965. The van der Waals surface area contributed by atoms with Crippen LogP contribution < -0.4 is 0 Å². The third-order valence-electron chi connectivity index (χ3n) is 3.86. The summed E-state index contributed by atoms with van der Waals surface area (Å²) in [4.78, 5) is 0. The van der Waals surface area contributed by atoms with Gasteiger partial charge in [-0.15, -0.1) is 0 Å². The highest BCUT2D eigenvalue weighted by molar-refractivity contribution is 6.21. The molecule has 0 amide bonds. The van der Waals surface area contributed by atoms with Crippen molar-refractivity contribution in [3.63, 3.8) is 0 Å². The lowest BCUT2D eigenvalue weighted by Gasteiger charge is -2.11. The Morgan fingerprint density at radius 1 is 0.500 bits per heavy atom. The molecule has 0 aliphatic carbocycles. The number of fused-ring (bicyclic) bond motifs is 5. The van der Waals surface area contributed by atoms with E-state index in [1.807, 2.05) is 60.7 Å². The summed E-state index contributed by atoms with van der Waals surface area (Å²) in [5.74, 6) is -0.0973. The second-order valence-corrected chi connectivity index (χ2v) is 4.95. The zero-order valence-corrected chi connectivity index (χ0v) is 10.7. The molecule has 0 saturated heterocycles. The minimum Gasteiger partial charge on any atom is -0.504 e. The molecule has 0 unspecified atom stereocenters. The predicted octanol–water partition coefficient (Wildman–Crippen LogP) is 4.56. The van der Waals surface area contributed by atoms with Gasteiger partial charge in [0.1, 0.15) is 0 Å². The maximum atomic E-state index is 10.4. The molecule has 0 heterocycles. The average molecular weight is 260 g/mol. The number of aromatic hydroxyl groups is 2. The smallest absolute Gasteiger partial charge is 0.166 e. The molecule has 0 bridgehead atoms. The largest absolute Gasteiger partial charge is 0.504 e. The SMILES string of the molecule is Oc1c(O)c2c3ccccc3ccc2c2ccccc12. The highest BCUT2D eigenvalue weighted by Gasteiger charge is 2.14. The number of phenols is 2. The first-order valence-electron chi connectivity index (χ1n) is 6.51. The monoisotopic (exact) mass is 260 g/mol. The highest BCUT2D eigenvalue weighted by atomic mass is 16.3. The molecule has 4 aromatic rings.